The maximum Gasteiger partial charge on any atom is 0.328 e. The van der Waals surface area contributed by atoms with Crippen molar-refractivity contribution < 1.29 is 14.3 Å². The number of carbonyl (C=O) groups is 2. The third kappa shape index (κ3) is 4.39. The van der Waals surface area contributed by atoms with Gasteiger partial charge < -0.3 is 10.1 Å². The van der Waals surface area contributed by atoms with Crippen LogP contribution in [0.2, 0.25) is 0 Å². The highest BCUT2D eigenvalue weighted by Crippen LogP contribution is 2.31. The minimum Gasteiger partial charge on any atom is -0.487 e. The summed E-state index contributed by atoms with van der Waals surface area (Å²) < 4.78 is 8.88. The smallest absolute Gasteiger partial charge is 0.328 e. The van der Waals surface area contributed by atoms with Crippen molar-refractivity contribution in [3.05, 3.63) is 64.8 Å². The van der Waals surface area contributed by atoms with Crippen LogP contribution in [0.4, 0.5) is 4.79 Å². The molecule has 0 bridgehead atoms. The Balaban J connectivity index is 1.79. The van der Waals surface area contributed by atoms with Crippen LogP contribution in [-0.4, -0.2) is 23.9 Å². The van der Waals surface area contributed by atoms with Gasteiger partial charge in [0.05, 0.1) is 7.14 Å². The molecule has 0 saturated carbocycles. The predicted octanol–water partition coefficient (Wildman–Crippen LogP) is 4.76. The van der Waals surface area contributed by atoms with E-state index in [-0.39, 0.29) is 11.6 Å². The SMILES string of the molecule is CN1C(=O)N/C(=C/c2cc(I)c(OCc3ccc(Br)cc3)c(I)c2)C1=O. The number of likely N-dealkylation sites (N-methyl/N-ethyl adjacent to an activating group) is 1. The van der Waals surface area contributed by atoms with Gasteiger partial charge in [-0.25, -0.2) is 4.79 Å². The van der Waals surface area contributed by atoms with Crippen molar-refractivity contribution in [1.82, 2.24) is 10.2 Å². The van der Waals surface area contributed by atoms with Gasteiger partial charge in [0.25, 0.3) is 5.91 Å². The number of halogens is 3. The van der Waals surface area contributed by atoms with Crippen LogP contribution >= 0.6 is 61.1 Å². The van der Waals surface area contributed by atoms with Gasteiger partial charge in [-0.3, -0.25) is 9.69 Å². The van der Waals surface area contributed by atoms with E-state index in [1.165, 1.54) is 7.05 Å². The Kier molecular flexibility index (Phi) is 6.23. The van der Waals surface area contributed by atoms with E-state index in [1.54, 1.807) is 6.08 Å². The largest absolute Gasteiger partial charge is 0.487 e. The molecule has 0 unspecified atom stereocenters. The average molecular weight is 639 g/mol. The highest BCUT2D eigenvalue weighted by Gasteiger charge is 2.30. The fraction of sp³-hybridized carbons (Fsp3) is 0.111. The number of nitrogens with one attached hydrogen (secondary N) is 1. The van der Waals surface area contributed by atoms with Crippen LogP contribution in [0.25, 0.3) is 6.08 Å². The standard InChI is InChI=1S/C18H13BrI2N2O3/c1-23-17(24)15(22-18(23)25)8-11-6-13(20)16(14(21)7-11)26-9-10-2-4-12(19)5-3-10/h2-8H,9H2,1H3,(H,22,25)/b15-8+. The monoisotopic (exact) mass is 638 g/mol. The maximum atomic E-state index is 12.0. The van der Waals surface area contributed by atoms with E-state index < -0.39 is 6.03 Å². The summed E-state index contributed by atoms with van der Waals surface area (Å²) in [6, 6.07) is 11.4. The summed E-state index contributed by atoms with van der Waals surface area (Å²) in [5.74, 6) is 0.464. The summed E-state index contributed by atoms with van der Waals surface area (Å²) in [6.45, 7) is 0.471. The molecule has 2 aromatic rings. The topological polar surface area (TPSA) is 58.6 Å². The molecule has 1 saturated heterocycles. The van der Waals surface area contributed by atoms with Gasteiger partial charge in [0.15, 0.2) is 0 Å². The van der Waals surface area contributed by atoms with Crippen molar-refractivity contribution in [3.63, 3.8) is 0 Å². The first-order chi connectivity index (χ1) is 12.3. The quantitative estimate of drug-likeness (QED) is 0.299. The fourth-order valence-electron chi connectivity index (χ4n) is 2.33. The van der Waals surface area contributed by atoms with Gasteiger partial charge in [-0.15, -0.1) is 0 Å². The summed E-state index contributed by atoms with van der Waals surface area (Å²) >= 11 is 7.84. The van der Waals surface area contributed by atoms with Crippen molar-refractivity contribution in [1.29, 1.82) is 0 Å². The van der Waals surface area contributed by atoms with Crippen LogP contribution in [-0.2, 0) is 11.4 Å². The van der Waals surface area contributed by atoms with E-state index in [9.17, 15) is 9.59 Å². The molecular formula is C18H13BrI2N2O3. The lowest BCUT2D eigenvalue weighted by Crippen LogP contribution is -2.25. The first-order valence-corrected chi connectivity index (χ1v) is 10.5. The Bertz CT molecular complexity index is 890. The minimum atomic E-state index is -0.417. The van der Waals surface area contributed by atoms with Gasteiger partial charge in [0.1, 0.15) is 18.1 Å². The lowest BCUT2D eigenvalue weighted by atomic mass is 10.2. The van der Waals surface area contributed by atoms with E-state index in [0.717, 1.165) is 33.4 Å². The van der Waals surface area contributed by atoms with Crippen LogP contribution in [0.1, 0.15) is 11.1 Å². The number of nitrogens with zero attached hydrogens (tertiary/aromatic N) is 1. The maximum absolute atomic E-state index is 12.0. The molecule has 1 aliphatic rings. The lowest BCUT2D eigenvalue weighted by molar-refractivity contribution is -0.121. The summed E-state index contributed by atoms with van der Waals surface area (Å²) in [4.78, 5) is 24.6. The molecule has 26 heavy (non-hydrogen) atoms. The molecule has 1 fully saturated rings. The van der Waals surface area contributed by atoms with E-state index in [4.69, 9.17) is 4.74 Å². The Morgan fingerprint density at radius 3 is 2.31 bits per heavy atom. The Morgan fingerprint density at radius 1 is 1.15 bits per heavy atom. The second-order valence-electron chi connectivity index (χ2n) is 5.58. The molecule has 8 heteroatoms. The average Bonchev–Trinajstić information content (AvgIpc) is 2.83. The molecule has 0 radical (unpaired) electrons. The van der Waals surface area contributed by atoms with E-state index in [1.807, 2.05) is 36.4 Å². The van der Waals surface area contributed by atoms with Crippen molar-refractivity contribution in [2.75, 3.05) is 7.05 Å². The molecule has 0 aromatic heterocycles. The van der Waals surface area contributed by atoms with Crippen LogP contribution in [0.5, 0.6) is 5.75 Å². The van der Waals surface area contributed by atoms with Gasteiger partial charge >= 0.3 is 6.03 Å². The molecule has 3 amide bonds. The third-order valence-corrected chi connectivity index (χ3v) is 5.84. The molecular weight excluding hydrogens is 626 g/mol. The second kappa shape index (κ2) is 8.26. The summed E-state index contributed by atoms with van der Waals surface area (Å²) in [7, 11) is 1.45. The highest BCUT2D eigenvalue weighted by molar-refractivity contribution is 14.1. The number of carbonyl (C=O) groups excluding carboxylic acids is 2. The van der Waals surface area contributed by atoms with E-state index >= 15 is 0 Å². The Morgan fingerprint density at radius 2 is 1.77 bits per heavy atom. The van der Waals surface area contributed by atoms with Crippen LogP contribution in [0, 0.1) is 7.14 Å². The number of urea groups is 1. The van der Waals surface area contributed by atoms with E-state index in [0.29, 0.717) is 6.61 Å². The van der Waals surface area contributed by atoms with Crippen molar-refractivity contribution in [2.45, 2.75) is 6.61 Å². The van der Waals surface area contributed by atoms with E-state index in [2.05, 4.69) is 66.4 Å². The first kappa shape index (κ1) is 19.6. The van der Waals surface area contributed by atoms with Crippen molar-refractivity contribution in [3.8, 4) is 5.75 Å². The number of rotatable bonds is 4. The molecule has 3 rings (SSSR count). The number of hydrogen-bond acceptors (Lipinski definition) is 3. The Labute approximate surface area is 186 Å². The summed E-state index contributed by atoms with van der Waals surface area (Å²) in [5, 5.41) is 2.57. The Hall–Kier alpha value is -1.14. The number of imide groups is 1. The lowest BCUT2D eigenvalue weighted by Gasteiger charge is -2.12. The highest BCUT2D eigenvalue weighted by atomic mass is 127. The number of ether oxygens (including phenoxy) is 1. The zero-order valence-corrected chi connectivity index (χ0v) is 19.5. The third-order valence-electron chi connectivity index (χ3n) is 3.71. The molecule has 0 aliphatic carbocycles. The predicted molar refractivity (Wildman–Crippen MR) is 120 cm³/mol. The first-order valence-electron chi connectivity index (χ1n) is 7.52. The van der Waals surface area contributed by atoms with Gasteiger partial charge in [0, 0.05) is 11.5 Å². The van der Waals surface area contributed by atoms with Gasteiger partial charge in [-0.1, -0.05) is 28.1 Å². The summed E-state index contributed by atoms with van der Waals surface area (Å²) in [6.07, 6.45) is 1.67. The fourth-order valence-corrected chi connectivity index (χ4v) is 4.72. The van der Waals surface area contributed by atoms with Crippen LogP contribution in [0.3, 0.4) is 0 Å². The van der Waals surface area contributed by atoms with Gasteiger partial charge in [-0.2, -0.15) is 0 Å². The zero-order chi connectivity index (χ0) is 18.8. The zero-order valence-electron chi connectivity index (χ0n) is 13.6. The minimum absolute atomic E-state index is 0.271. The molecule has 5 nitrogen and oxygen atoms in total. The molecule has 0 spiro atoms. The molecule has 1 aliphatic heterocycles. The molecule has 134 valence electrons. The number of hydrogen-bond donors (Lipinski definition) is 1. The van der Waals surface area contributed by atoms with Gasteiger partial charge in [-0.05, 0) is 86.7 Å². The molecule has 0 atom stereocenters. The van der Waals surface area contributed by atoms with Crippen molar-refractivity contribution >= 4 is 79.1 Å². The van der Waals surface area contributed by atoms with Gasteiger partial charge in [0.2, 0.25) is 0 Å². The van der Waals surface area contributed by atoms with Crippen LogP contribution in [0.15, 0.2) is 46.6 Å². The summed E-state index contributed by atoms with van der Waals surface area (Å²) in [5.41, 5.74) is 2.18. The van der Waals surface area contributed by atoms with Crippen LogP contribution < -0.4 is 10.1 Å². The van der Waals surface area contributed by atoms with Crippen molar-refractivity contribution in [2.24, 2.45) is 0 Å². The second-order valence-corrected chi connectivity index (χ2v) is 8.82. The molecule has 2 aromatic carbocycles. The number of benzene rings is 2. The normalized spacial score (nSPS) is 15.5. The number of amides is 3. The molecule has 1 heterocycles. The molecule has 1 N–H and O–H groups in total.